The number of rotatable bonds is 5. The fraction of sp³-hybridized carbons (Fsp3) is 1.00. The molecule has 7 nitrogen and oxygen atoms in total. The molecule has 90 valence electrons. The zero-order chi connectivity index (χ0) is 11.6. The Bertz CT molecular complexity index is 157. The molecule has 0 rings (SSSR count). The van der Waals surface area contributed by atoms with Gasteiger partial charge >= 0.3 is 37.4 Å². The smallest absolute Gasteiger partial charge is 1.00 e. The molecule has 0 aliphatic heterocycles. The van der Waals surface area contributed by atoms with E-state index >= 15 is 0 Å². The van der Waals surface area contributed by atoms with Gasteiger partial charge in [-0.05, 0) is 6.54 Å². The average Bonchev–Trinajstić information content (AvgIpc) is 2.01. The Morgan fingerprint density at radius 1 is 1.13 bits per heavy atom. The van der Waals surface area contributed by atoms with E-state index < -0.39 is 7.82 Å². The molecule has 0 saturated carbocycles. The molecule has 0 fully saturated rings. The van der Waals surface area contributed by atoms with E-state index in [1.165, 1.54) is 0 Å². The monoisotopic (exact) mass is 255 g/mol. The molecule has 0 bridgehead atoms. The first kappa shape index (κ1) is 21.3. The number of hydrogen-bond donors (Lipinski definition) is 5. The molecule has 0 aromatic heterocycles. The summed E-state index contributed by atoms with van der Waals surface area (Å²) in [6.07, 6.45) is 0. The maximum absolute atomic E-state index is 8.88. The molecule has 0 heterocycles. The SMILES string of the molecule is CCN(CCO)CCO.O=P(O)(O)O.[H-].[Na+]. The maximum Gasteiger partial charge on any atom is 1.00 e. The number of aliphatic hydroxyl groups excluding tert-OH is 2. The fourth-order valence-corrected chi connectivity index (χ4v) is 0.711. The van der Waals surface area contributed by atoms with E-state index in [2.05, 4.69) is 0 Å². The summed E-state index contributed by atoms with van der Waals surface area (Å²) in [5.74, 6) is 0. The van der Waals surface area contributed by atoms with E-state index in [9.17, 15) is 0 Å². The summed E-state index contributed by atoms with van der Waals surface area (Å²) in [5, 5.41) is 16.9. The minimum atomic E-state index is -4.64. The van der Waals surface area contributed by atoms with Gasteiger partial charge in [0.05, 0.1) is 13.2 Å². The summed E-state index contributed by atoms with van der Waals surface area (Å²) >= 11 is 0. The van der Waals surface area contributed by atoms with Gasteiger partial charge in [-0.25, -0.2) is 4.57 Å². The first-order valence-electron chi connectivity index (χ1n) is 4.07. The van der Waals surface area contributed by atoms with Crippen molar-refractivity contribution in [3.63, 3.8) is 0 Å². The molecule has 0 aliphatic carbocycles. The molecule has 0 unspecified atom stereocenters. The Hall–Kier alpha value is 0.990. The number of nitrogens with zero attached hydrogens (tertiary/aromatic N) is 1. The zero-order valence-electron chi connectivity index (χ0n) is 10.1. The minimum Gasteiger partial charge on any atom is -1.00 e. The summed E-state index contributed by atoms with van der Waals surface area (Å²) < 4.78 is 8.88. The van der Waals surface area contributed by atoms with Crippen LogP contribution in [-0.2, 0) is 4.57 Å². The minimum absolute atomic E-state index is 0. The number of phosphoric acid groups is 1. The van der Waals surface area contributed by atoms with Crippen LogP contribution in [0.3, 0.4) is 0 Å². The van der Waals surface area contributed by atoms with Gasteiger partial charge < -0.3 is 26.3 Å². The molecule has 5 N–H and O–H groups in total. The maximum atomic E-state index is 8.88. The summed E-state index contributed by atoms with van der Waals surface area (Å²) in [7, 11) is -4.64. The second-order valence-electron chi connectivity index (χ2n) is 2.39. The van der Waals surface area contributed by atoms with Crippen LogP contribution in [0, 0.1) is 0 Å². The molecule has 9 heteroatoms. The molecule has 0 aromatic rings. The van der Waals surface area contributed by atoms with Gasteiger partial charge in [-0.2, -0.15) is 0 Å². The van der Waals surface area contributed by atoms with Crippen LogP contribution in [0.5, 0.6) is 0 Å². The van der Waals surface area contributed by atoms with Crippen LogP contribution in [-0.4, -0.2) is 62.6 Å². The Balaban J connectivity index is -0.0000000904. The van der Waals surface area contributed by atoms with Gasteiger partial charge in [-0.1, -0.05) is 6.92 Å². The summed E-state index contributed by atoms with van der Waals surface area (Å²) in [4.78, 5) is 23.5. The van der Waals surface area contributed by atoms with Crippen molar-refractivity contribution in [2.45, 2.75) is 6.92 Å². The van der Waals surface area contributed by atoms with Crippen molar-refractivity contribution < 1.29 is 60.4 Å². The van der Waals surface area contributed by atoms with E-state index in [0.717, 1.165) is 6.54 Å². The van der Waals surface area contributed by atoms with Crippen LogP contribution in [0.1, 0.15) is 8.35 Å². The third-order valence-corrected chi connectivity index (χ3v) is 1.28. The first-order chi connectivity index (χ1) is 6.35. The van der Waals surface area contributed by atoms with Crippen molar-refractivity contribution in [2.24, 2.45) is 0 Å². The van der Waals surface area contributed by atoms with Gasteiger partial charge in [-0.3, -0.25) is 4.90 Å². The molecule has 0 atom stereocenters. The summed E-state index contributed by atoms with van der Waals surface area (Å²) in [6, 6.07) is 0. The van der Waals surface area contributed by atoms with Crippen LogP contribution in [0.15, 0.2) is 0 Å². The van der Waals surface area contributed by atoms with E-state index in [4.69, 9.17) is 29.5 Å². The largest absolute Gasteiger partial charge is 1.00 e. The van der Waals surface area contributed by atoms with Gasteiger partial charge in [0.25, 0.3) is 0 Å². The second-order valence-corrected chi connectivity index (χ2v) is 3.42. The van der Waals surface area contributed by atoms with Gasteiger partial charge in [0.15, 0.2) is 0 Å². The summed E-state index contributed by atoms with van der Waals surface area (Å²) in [5.41, 5.74) is 0. The molecule has 0 aromatic carbocycles. The molecule has 0 saturated heterocycles. The van der Waals surface area contributed by atoms with Crippen molar-refractivity contribution in [3.05, 3.63) is 0 Å². The van der Waals surface area contributed by atoms with Gasteiger partial charge in [0, 0.05) is 13.1 Å². The van der Waals surface area contributed by atoms with Crippen LogP contribution in [0.2, 0.25) is 0 Å². The average molecular weight is 255 g/mol. The second kappa shape index (κ2) is 13.1. The predicted molar refractivity (Wildman–Crippen MR) is 51.7 cm³/mol. The standard InChI is InChI=1S/C6H15NO2.Na.H3O4P.H/c1-2-7(3-5-8)4-6-9;;1-5(2,3)4;/h8-9H,2-6H2,1H3;;(H3,1,2,3,4);/q;+1;;-1. The van der Waals surface area contributed by atoms with Crippen LogP contribution in [0.4, 0.5) is 0 Å². The molecule has 0 aliphatic rings. The van der Waals surface area contributed by atoms with Gasteiger partial charge in [0.2, 0.25) is 0 Å². The van der Waals surface area contributed by atoms with E-state index in [1.807, 2.05) is 11.8 Å². The van der Waals surface area contributed by atoms with E-state index in [0.29, 0.717) is 13.1 Å². The number of aliphatic hydroxyl groups is 2. The van der Waals surface area contributed by atoms with Crippen LogP contribution < -0.4 is 29.6 Å². The Morgan fingerprint density at radius 2 is 1.40 bits per heavy atom. The van der Waals surface area contributed by atoms with Crippen LogP contribution >= 0.6 is 7.82 Å². The Kier molecular flexibility index (Phi) is 18.5. The molecular weight excluding hydrogens is 236 g/mol. The molecule has 0 spiro atoms. The van der Waals surface area contributed by atoms with Gasteiger partial charge in [-0.15, -0.1) is 0 Å². The van der Waals surface area contributed by atoms with Crippen molar-refractivity contribution in [1.29, 1.82) is 0 Å². The first-order valence-corrected chi connectivity index (χ1v) is 5.64. The quantitative estimate of drug-likeness (QED) is 0.248. The number of hydrogen-bond acceptors (Lipinski definition) is 4. The third-order valence-electron chi connectivity index (χ3n) is 1.28. The fourth-order valence-electron chi connectivity index (χ4n) is 0.711. The topological polar surface area (TPSA) is 121 Å². The zero-order valence-corrected chi connectivity index (χ0v) is 12.0. The normalized spacial score (nSPS) is 10.3. The molecule has 15 heavy (non-hydrogen) atoms. The predicted octanol–water partition coefficient (Wildman–Crippen LogP) is -4.52. The third kappa shape index (κ3) is 31.3. The van der Waals surface area contributed by atoms with Crippen LogP contribution in [0.25, 0.3) is 0 Å². The Labute approximate surface area is 113 Å². The molecule has 0 amide bonds. The summed E-state index contributed by atoms with van der Waals surface area (Å²) in [6.45, 7) is 4.57. The van der Waals surface area contributed by atoms with Gasteiger partial charge in [0.1, 0.15) is 0 Å². The molecular formula is C6H19NNaO6P. The van der Waals surface area contributed by atoms with Crippen molar-refractivity contribution in [2.75, 3.05) is 32.8 Å². The number of likely N-dealkylation sites (N-methyl/N-ethyl adjacent to an activating group) is 1. The Morgan fingerprint density at radius 3 is 1.53 bits per heavy atom. The molecule has 0 radical (unpaired) electrons. The van der Waals surface area contributed by atoms with Crippen molar-refractivity contribution in [1.82, 2.24) is 4.90 Å². The van der Waals surface area contributed by atoms with E-state index in [-0.39, 0.29) is 44.2 Å². The van der Waals surface area contributed by atoms with E-state index in [1.54, 1.807) is 0 Å². The van der Waals surface area contributed by atoms with Crippen molar-refractivity contribution in [3.8, 4) is 0 Å². The van der Waals surface area contributed by atoms with Crippen molar-refractivity contribution >= 4 is 7.82 Å².